The number of hydrogen-bond donors (Lipinski definition) is 1. The second-order valence-corrected chi connectivity index (χ2v) is 7.93. The molecule has 0 atom stereocenters. The van der Waals surface area contributed by atoms with Crippen LogP contribution >= 0.6 is 11.8 Å². The van der Waals surface area contributed by atoms with Crippen LogP contribution < -0.4 is 5.32 Å². The monoisotopic (exact) mass is 386 g/mol. The molecule has 0 aliphatic carbocycles. The van der Waals surface area contributed by atoms with Crippen molar-refractivity contribution in [2.24, 2.45) is 0 Å². The van der Waals surface area contributed by atoms with E-state index in [2.05, 4.69) is 5.32 Å². The van der Waals surface area contributed by atoms with E-state index in [4.69, 9.17) is 4.74 Å². The van der Waals surface area contributed by atoms with Gasteiger partial charge in [0, 0.05) is 17.5 Å². The third kappa shape index (κ3) is 3.66. The van der Waals surface area contributed by atoms with E-state index in [-0.39, 0.29) is 21.9 Å². The fourth-order valence-corrected chi connectivity index (χ4v) is 3.52. The van der Waals surface area contributed by atoms with Crippen LogP contribution in [0.25, 0.3) is 0 Å². The van der Waals surface area contributed by atoms with Crippen LogP contribution in [0.15, 0.2) is 46.8 Å². The third-order valence-corrected chi connectivity index (χ3v) is 4.83. The first-order chi connectivity index (χ1) is 12.7. The first-order valence-corrected chi connectivity index (χ1v) is 9.20. The molecule has 7 nitrogen and oxygen atoms in total. The van der Waals surface area contributed by atoms with Crippen molar-refractivity contribution in [2.45, 2.75) is 26.4 Å². The summed E-state index contributed by atoms with van der Waals surface area (Å²) >= 11 is 1.15. The normalized spacial score (nSPS) is 18.5. The maximum absolute atomic E-state index is 12.9. The fraction of sp³-hybridized carbons (Fsp3) is 0.263. The van der Waals surface area contributed by atoms with Gasteiger partial charge in [-0.25, -0.2) is 9.69 Å². The van der Waals surface area contributed by atoms with Gasteiger partial charge < -0.3 is 10.1 Å². The maximum Gasteiger partial charge on any atom is 0.358 e. The largest absolute Gasteiger partial charge is 0.455 e. The van der Waals surface area contributed by atoms with E-state index in [1.54, 1.807) is 45.0 Å². The zero-order valence-electron chi connectivity index (χ0n) is 15.1. The van der Waals surface area contributed by atoms with Crippen LogP contribution in [-0.2, 0) is 14.3 Å². The van der Waals surface area contributed by atoms with Crippen molar-refractivity contribution < 1.29 is 23.9 Å². The number of aldehydes is 1. The average molecular weight is 386 g/mol. The van der Waals surface area contributed by atoms with E-state index in [9.17, 15) is 19.2 Å². The molecule has 0 aromatic heterocycles. The number of nitrogens with zero attached hydrogens (tertiary/aromatic N) is 1. The maximum atomic E-state index is 12.9. The first kappa shape index (κ1) is 18.9. The molecule has 1 aromatic rings. The Labute approximate surface area is 160 Å². The minimum atomic E-state index is -0.815. The van der Waals surface area contributed by atoms with Gasteiger partial charge >= 0.3 is 5.97 Å². The Kier molecular flexibility index (Phi) is 4.93. The van der Waals surface area contributed by atoms with Crippen molar-refractivity contribution in [3.05, 3.63) is 57.9 Å². The molecule has 0 radical (unpaired) electrons. The Morgan fingerprint density at radius 3 is 2.22 bits per heavy atom. The van der Waals surface area contributed by atoms with Gasteiger partial charge in [0.2, 0.25) is 0 Å². The van der Waals surface area contributed by atoms with Crippen LogP contribution in [0.4, 0.5) is 0 Å². The Morgan fingerprint density at radius 2 is 1.78 bits per heavy atom. The number of carbonyl (C=O) groups is 4. The van der Waals surface area contributed by atoms with Gasteiger partial charge in [-0.05, 0) is 32.9 Å². The zero-order valence-corrected chi connectivity index (χ0v) is 15.9. The molecule has 0 saturated carbocycles. The minimum Gasteiger partial charge on any atom is -0.455 e. The number of esters is 1. The fourth-order valence-electron chi connectivity index (χ4n) is 2.61. The lowest BCUT2D eigenvalue weighted by Gasteiger charge is -2.26. The highest BCUT2D eigenvalue weighted by atomic mass is 32.2. The average Bonchev–Trinajstić information content (AvgIpc) is 2.87. The number of hydrogen-bond acceptors (Lipinski definition) is 7. The molecular weight excluding hydrogens is 368 g/mol. The van der Waals surface area contributed by atoms with Gasteiger partial charge in [0.05, 0.1) is 11.1 Å². The summed E-state index contributed by atoms with van der Waals surface area (Å²) in [4.78, 5) is 50.3. The van der Waals surface area contributed by atoms with Crippen molar-refractivity contribution >= 4 is 35.8 Å². The second-order valence-electron chi connectivity index (χ2n) is 6.94. The van der Waals surface area contributed by atoms with E-state index in [0.717, 1.165) is 16.7 Å². The molecule has 140 valence electrons. The Balaban J connectivity index is 2.08. The number of rotatable bonds is 3. The van der Waals surface area contributed by atoms with Crippen molar-refractivity contribution in [3.8, 4) is 0 Å². The lowest BCUT2D eigenvalue weighted by molar-refractivity contribution is -0.151. The van der Waals surface area contributed by atoms with Crippen molar-refractivity contribution in [1.29, 1.82) is 0 Å². The Hall–Kier alpha value is -2.87. The summed E-state index contributed by atoms with van der Waals surface area (Å²) in [7, 11) is 0. The first-order valence-electron chi connectivity index (χ1n) is 8.22. The topological polar surface area (TPSA) is 92.8 Å². The lowest BCUT2D eigenvalue weighted by Crippen LogP contribution is -2.38. The number of imide groups is 1. The number of nitrogens with one attached hydrogen (secondary N) is 1. The molecule has 3 rings (SSSR count). The summed E-state index contributed by atoms with van der Waals surface area (Å²) in [5.41, 5.74) is -0.0369. The Morgan fingerprint density at radius 1 is 1.19 bits per heavy atom. The molecule has 0 spiro atoms. The zero-order chi connectivity index (χ0) is 19.8. The third-order valence-electron chi connectivity index (χ3n) is 3.75. The summed E-state index contributed by atoms with van der Waals surface area (Å²) in [5.74, 6) is -1.66. The highest BCUT2D eigenvalue weighted by Gasteiger charge is 2.43. The van der Waals surface area contributed by atoms with E-state index in [1.165, 1.54) is 6.20 Å². The van der Waals surface area contributed by atoms with E-state index in [0.29, 0.717) is 17.6 Å². The summed E-state index contributed by atoms with van der Waals surface area (Å²) in [6, 6.07) is 6.39. The SMILES string of the molecule is CC(C)(C)OC(=O)/C(=C1\NC=C(C=O)CS1)N1C(=O)c2ccccc2C1=O. The van der Waals surface area contributed by atoms with Gasteiger partial charge in [-0.2, -0.15) is 0 Å². The molecule has 2 aliphatic heterocycles. The smallest absolute Gasteiger partial charge is 0.358 e. The molecule has 0 unspecified atom stereocenters. The number of thioether (sulfide) groups is 1. The molecule has 1 aromatic carbocycles. The van der Waals surface area contributed by atoms with E-state index in [1.807, 2.05) is 0 Å². The van der Waals surface area contributed by atoms with Crippen LogP contribution in [0.2, 0.25) is 0 Å². The summed E-state index contributed by atoms with van der Waals surface area (Å²) < 4.78 is 5.43. The summed E-state index contributed by atoms with van der Waals surface area (Å²) in [6.07, 6.45) is 2.15. The standard InChI is InChI=1S/C19H18N2O5S/c1-19(2,3)26-18(25)14(15-20-8-11(9-22)10-27-15)21-16(23)12-6-4-5-7-13(12)17(21)24/h4-9,20H,10H2,1-3H3/b15-14-. The van der Waals surface area contributed by atoms with Crippen LogP contribution in [0.5, 0.6) is 0 Å². The summed E-state index contributed by atoms with van der Waals surface area (Å²) in [5, 5.41) is 3.12. The molecule has 2 heterocycles. The van der Waals surface area contributed by atoms with Gasteiger partial charge in [-0.3, -0.25) is 14.4 Å². The van der Waals surface area contributed by atoms with Crippen LogP contribution in [-0.4, -0.2) is 40.3 Å². The van der Waals surface area contributed by atoms with E-state index >= 15 is 0 Å². The van der Waals surface area contributed by atoms with Gasteiger partial charge in [0.25, 0.3) is 11.8 Å². The van der Waals surface area contributed by atoms with Gasteiger partial charge in [0.15, 0.2) is 5.70 Å². The van der Waals surface area contributed by atoms with Crippen molar-refractivity contribution in [3.63, 3.8) is 0 Å². The molecule has 0 fully saturated rings. The minimum absolute atomic E-state index is 0.178. The van der Waals surface area contributed by atoms with Crippen molar-refractivity contribution in [1.82, 2.24) is 10.2 Å². The van der Waals surface area contributed by atoms with Gasteiger partial charge in [-0.1, -0.05) is 12.1 Å². The number of fused-ring (bicyclic) bond motifs is 1. The van der Waals surface area contributed by atoms with Crippen LogP contribution in [0.1, 0.15) is 41.5 Å². The Bertz CT molecular complexity index is 876. The van der Waals surface area contributed by atoms with Crippen LogP contribution in [0, 0.1) is 0 Å². The molecule has 27 heavy (non-hydrogen) atoms. The van der Waals surface area contributed by atoms with Gasteiger partial charge in [0.1, 0.15) is 16.9 Å². The van der Waals surface area contributed by atoms with Gasteiger partial charge in [-0.15, -0.1) is 11.8 Å². The molecular formula is C19H18N2O5S. The molecule has 1 N–H and O–H groups in total. The number of ether oxygens (including phenoxy) is 1. The number of amides is 2. The highest BCUT2D eigenvalue weighted by Crippen LogP contribution is 2.32. The second kappa shape index (κ2) is 7.03. The summed E-state index contributed by atoms with van der Waals surface area (Å²) in [6.45, 7) is 5.09. The number of carbonyl (C=O) groups excluding carboxylic acids is 4. The van der Waals surface area contributed by atoms with Crippen LogP contribution in [0.3, 0.4) is 0 Å². The predicted molar refractivity (Wildman–Crippen MR) is 99.6 cm³/mol. The lowest BCUT2D eigenvalue weighted by atomic mass is 10.1. The van der Waals surface area contributed by atoms with Crippen molar-refractivity contribution in [2.75, 3.05) is 5.75 Å². The molecule has 2 aliphatic rings. The molecule has 8 heteroatoms. The predicted octanol–water partition coefficient (Wildman–Crippen LogP) is 2.21. The highest BCUT2D eigenvalue weighted by molar-refractivity contribution is 8.03. The number of benzene rings is 1. The quantitative estimate of drug-likeness (QED) is 0.368. The molecule has 2 amide bonds. The molecule has 0 bridgehead atoms. The van der Waals surface area contributed by atoms with E-state index < -0.39 is 23.4 Å². The molecule has 0 saturated heterocycles.